The van der Waals surface area contributed by atoms with E-state index in [1.165, 1.54) is 0 Å². The van der Waals surface area contributed by atoms with Crippen molar-refractivity contribution in [3.05, 3.63) is 18.2 Å². The van der Waals surface area contributed by atoms with Gasteiger partial charge in [-0.25, -0.2) is 0 Å². The Morgan fingerprint density at radius 1 is 1.30 bits per heavy atom. The number of rotatable bonds is 5. The lowest BCUT2D eigenvalue weighted by Gasteiger charge is -2.41. The number of nitrogen functional groups attached to an aromatic ring is 1. The molecule has 0 amide bonds. The van der Waals surface area contributed by atoms with Crippen LogP contribution in [0.25, 0.3) is 0 Å². The molecular weight excluding hydrogens is 250 g/mol. The van der Waals surface area contributed by atoms with Gasteiger partial charge in [0, 0.05) is 25.7 Å². The molecule has 112 valence electrons. The van der Waals surface area contributed by atoms with Crippen molar-refractivity contribution in [2.45, 2.75) is 33.2 Å². The fourth-order valence-corrected chi connectivity index (χ4v) is 2.83. The Morgan fingerprint density at radius 3 is 2.75 bits per heavy atom. The Bertz CT molecular complexity index is 436. The summed E-state index contributed by atoms with van der Waals surface area (Å²) in [5, 5.41) is 0. The van der Waals surface area contributed by atoms with E-state index in [1.807, 2.05) is 12.1 Å². The van der Waals surface area contributed by atoms with E-state index in [9.17, 15) is 0 Å². The molecule has 1 aliphatic heterocycles. The molecule has 0 aromatic heterocycles. The molecule has 2 N–H and O–H groups in total. The SMILES string of the molecule is CCCOc1cccc(N2CCN(CC)C(C)C2)c1N. The van der Waals surface area contributed by atoms with Gasteiger partial charge in [0.2, 0.25) is 0 Å². The molecule has 0 saturated carbocycles. The average molecular weight is 277 g/mol. The summed E-state index contributed by atoms with van der Waals surface area (Å²) in [6.45, 7) is 11.6. The zero-order valence-electron chi connectivity index (χ0n) is 12.9. The lowest BCUT2D eigenvalue weighted by atomic mass is 10.1. The van der Waals surface area contributed by atoms with Gasteiger partial charge in [-0.2, -0.15) is 0 Å². The normalized spacial score (nSPS) is 20.1. The number of benzene rings is 1. The minimum absolute atomic E-state index is 0.563. The second-order valence-electron chi connectivity index (χ2n) is 5.46. The van der Waals surface area contributed by atoms with E-state index in [-0.39, 0.29) is 0 Å². The summed E-state index contributed by atoms with van der Waals surface area (Å²) in [7, 11) is 0. The number of hydrogen-bond acceptors (Lipinski definition) is 4. The highest BCUT2D eigenvalue weighted by Crippen LogP contribution is 2.33. The maximum atomic E-state index is 6.29. The van der Waals surface area contributed by atoms with Crippen molar-refractivity contribution >= 4 is 11.4 Å². The molecule has 2 rings (SSSR count). The minimum atomic E-state index is 0.563. The summed E-state index contributed by atoms with van der Waals surface area (Å²) in [6.07, 6.45) is 0.996. The second kappa shape index (κ2) is 6.84. The van der Waals surface area contributed by atoms with E-state index in [2.05, 4.69) is 36.6 Å². The first-order valence-corrected chi connectivity index (χ1v) is 7.67. The molecule has 1 aliphatic rings. The van der Waals surface area contributed by atoms with Crippen LogP contribution < -0.4 is 15.4 Å². The molecule has 4 heteroatoms. The summed E-state index contributed by atoms with van der Waals surface area (Å²) in [5.74, 6) is 0.815. The molecule has 1 atom stereocenters. The molecule has 1 unspecified atom stereocenters. The van der Waals surface area contributed by atoms with Crippen LogP contribution in [0.2, 0.25) is 0 Å². The van der Waals surface area contributed by atoms with E-state index in [4.69, 9.17) is 10.5 Å². The lowest BCUT2D eigenvalue weighted by molar-refractivity contribution is 0.199. The van der Waals surface area contributed by atoms with Crippen molar-refractivity contribution in [2.24, 2.45) is 0 Å². The number of hydrogen-bond donors (Lipinski definition) is 1. The number of para-hydroxylation sites is 1. The predicted octanol–water partition coefficient (Wildman–Crippen LogP) is 2.59. The van der Waals surface area contributed by atoms with Crippen LogP contribution in [0.1, 0.15) is 27.2 Å². The zero-order chi connectivity index (χ0) is 14.5. The van der Waals surface area contributed by atoms with Crippen LogP contribution in [-0.2, 0) is 0 Å². The van der Waals surface area contributed by atoms with Crippen LogP contribution in [0.5, 0.6) is 5.75 Å². The first-order chi connectivity index (χ1) is 9.67. The smallest absolute Gasteiger partial charge is 0.144 e. The summed E-state index contributed by atoms with van der Waals surface area (Å²) < 4.78 is 5.72. The van der Waals surface area contributed by atoms with E-state index in [1.54, 1.807) is 0 Å². The lowest BCUT2D eigenvalue weighted by Crippen LogP contribution is -2.51. The third-order valence-corrected chi connectivity index (χ3v) is 4.02. The van der Waals surface area contributed by atoms with E-state index >= 15 is 0 Å². The Kier molecular flexibility index (Phi) is 5.12. The Hall–Kier alpha value is -1.42. The van der Waals surface area contributed by atoms with Gasteiger partial charge in [-0.3, -0.25) is 4.90 Å². The van der Waals surface area contributed by atoms with Crippen LogP contribution in [0.4, 0.5) is 11.4 Å². The number of ether oxygens (including phenoxy) is 1. The molecule has 0 radical (unpaired) electrons. The summed E-state index contributed by atoms with van der Waals surface area (Å²) in [4.78, 5) is 4.88. The van der Waals surface area contributed by atoms with Crippen molar-refractivity contribution in [3.8, 4) is 5.75 Å². The van der Waals surface area contributed by atoms with Gasteiger partial charge in [0.25, 0.3) is 0 Å². The van der Waals surface area contributed by atoms with Crippen molar-refractivity contribution in [2.75, 3.05) is 43.4 Å². The minimum Gasteiger partial charge on any atom is -0.491 e. The highest BCUT2D eigenvalue weighted by molar-refractivity contribution is 5.74. The highest BCUT2D eigenvalue weighted by Gasteiger charge is 2.24. The van der Waals surface area contributed by atoms with Gasteiger partial charge in [0.05, 0.1) is 18.0 Å². The third-order valence-electron chi connectivity index (χ3n) is 4.02. The highest BCUT2D eigenvalue weighted by atomic mass is 16.5. The van der Waals surface area contributed by atoms with E-state index in [0.717, 1.165) is 49.7 Å². The van der Waals surface area contributed by atoms with Crippen LogP contribution in [0.15, 0.2) is 18.2 Å². The van der Waals surface area contributed by atoms with Crippen LogP contribution in [0, 0.1) is 0 Å². The van der Waals surface area contributed by atoms with Gasteiger partial charge in [-0.1, -0.05) is 19.9 Å². The average Bonchev–Trinajstić information content (AvgIpc) is 2.46. The fraction of sp³-hybridized carbons (Fsp3) is 0.625. The summed E-state index contributed by atoms with van der Waals surface area (Å²) in [5.41, 5.74) is 8.18. The molecule has 1 fully saturated rings. The number of likely N-dealkylation sites (N-methyl/N-ethyl adjacent to an activating group) is 1. The largest absolute Gasteiger partial charge is 0.491 e. The first-order valence-electron chi connectivity index (χ1n) is 7.67. The molecule has 1 heterocycles. The van der Waals surface area contributed by atoms with Gasteiger partial charge in [-0.15, -0.1) is 0 Å². The van der Waals surface area contributed by atoms with E-state index < -0.39 is 0 Å². The van der Waals surface area contributed by atoms with Crippen molar-refractivity contribution in [1.82, 2.24) is 4.90 Å². The number of nitrogens with zero attached hydrogens (tertiary/aromatic N) is 2. The zero-order valence-corrected chi connectivity index (χ0v) is 12.9. The number of nitrogens with two attached hydrogens (primary N) is 1. The molecule has 0 spiro atoms. The topological polar surface area (TPSA) is 41.7 Å². The number of piperazine rings is 1. The van der Waals surface area contributed by atoms with Gasteiger partial charge >= 0.3 is 0 Å². The fourth-order valence-electron chi connectivity index (χ4n) is 2.83. The Balaban J connectivity index is 2.13. The summed E-state index contributed by atoms with van der Waals surface area (Å²) >= 11 is 0. The molecule has 1 saturated heterocycles. The standard InChI is InChI=1S/C16H27N3O/c1-4-11-20-15-8-6-7-14(16(15)17)19-10-9-18(5-2)13(3)12-19/h6-8,13H,4-5,9-12,17H2,1-3H3. The monoisotopic (exact) mass is 277 g/mol. The van der Waals surface area contributed by atoms with Crippen molar-refractivity contribution in [3.63, 3.8) is 0 Å². The first kappa shape index (κ1) is 15.0. The van der Waals surface area contributed by atoms with Crippen LogP contribution in [0.3, 0.4) is 0 Å². The van der Waals surface area contributed by atoms with E-state index in [0.29, 0.717) is 12.6 Å². The van der Waals surface area contributed by atoms with Gasteiger partial charge in [-0.05, 0) is 32.0 Å². The predicted molar refractivity (Wildman–Crippen MR) is 85.6 cm³/mol. The quantitative estimate of drug-likeness (QED) is 0.840. The molecule has 1 aromatic carbocycles. The molecule has 1 aromatic rings. The third kappa shape index (κ3) is 3.18. The molecule has 0 bridgehead atoms. The van der Waals surface area contributed by atoms with Crippen molar-refractivity contribution in [1.29, 1.82) is 0 Å². The van der Waals surface area contributed by atoms with Gasteiger partial charge in [0.1, 0.15) is 5.75 Å². The Morgan fingerprint density at radius 2 is 2.10 bits per heavy atom. The molecule has 4 nitrogen and oxygen atoms in total. The van der Waals surface area contributed by atoms with Gasteiger partial charge < -0.3 is 15.4 Å². The maximum absolute atomic E-state index is 6.29. The van der Waals surface area contributed by atoms with Crippen LogP contribution in [-0.4, -0.2) is 43.7 Å². The number of anilines is 2. The molecule has 0 aliphatic carbocycles. The molecular formula is C16H27N3O. The van der Waals surface area contributed by atoms with Crippen molar-refractivity contribution < 1.29 is 4.74 Å². The van der Waals surface area contributed by atoms with Crippen LogP contribution >= 0.6 is 0 Å². The summed E-state index contributed by atoms with van der Waals surface area (Å²) in [6, 6.07) is 6.66. The Labute approximate surface area is 122 Å². The maximum Gasteiger partial charge on any atom is 0.144 e. The van der Waals surface area contributed by atoms with Gasteiger partial charge in [0.15, 0.2) is 0 Å². The molecule has 20 heavy (non-hydrogen) atoms. The second-order valence-corrected chi connectivity index (χ2v) is 5.46.